The van der Waals surface area contributed by atoms with Gasteiger partial charge in [-0.2, -0.15) is 0 Å². The van der Waals surface area contributed by atoms with Gasteiger partial charge in [0.25, 0.3) is 0 Å². The van der Waals surface area contributed by atoms with Crippen LogP contribution in [0.5, 0.6) is 0 Å². The third-order valence-electron chi connectivity index (χ3n) is 4.34. The van der Waals surface area contributed by atoms with E-state index in [1.54, 1.807) is 6.07 Å². The molecule has 2 heterocycles. The smallest absolute Gasteiger partial charge is 0.191 e. The topological polar surface area (TPSA) is 71.7 Å². The summed E-state index contributed by atoms with van der Waals surface area (Å²) in [5, 5.41) is 0. The second-order valence-electron chi connectivity index (χ2n) is 5.98. The van der Waals surface area contributed by atoms with Gasteiger partial charge in [-0.25, -0.2) is 0 Å². The number of furan rings is 1. The van der Waals surface area contributed by atoms with Crippen LogP contribution in [-0.2, 0) is 0 Å². The second kappa shape index (κ2) is 6.37. The van der Waals surface area contributed by atoms with E-state index in [-0.39, 0.29) is 6.17 Å². The zero-order chi connectivity index (χ0) is 17.2. The van der Waals surface area contributed by atoms with Crippen molar-refractivity contribution >= 4 is 23.3 Å². The van der Waals surface area contributed by atoms with Crippen LogP contribution in [0, 0.1) is 0 Å². The molecule has 1 unspecified atom stereocenters. The maximum atomic E-state index is 6.44. The maximum Gasteiger partial charge on any atom is 0.191 e. The van der Waals surface area contributed by atoms with Gasteiger partial charge < -0.3 is 25.7 Å². The van der Waals surface area contributed by atoms with E-state index in [9.17, 15) is 0 Å². The zero-order valence-corrected chi connectivity index (χ0v) is 13.7. The number of para-hydroxylation sites is 2. The molecule has 1 aromatic heterocycles. The van der Waals surface area contributed by atoms with Crippen molar-refractivity contribution in [3.8, 4) is 0 Å². The van der Waals surface area contributed by atoms with Crippen molar-refractivity contribution in [2.24, 2.45) is 5.73 Å². The molecule has 5 nitrogen and oxygen atoms in total. The van der Waals surface area contributed by atoms with Crippen LogP contribution in [0.15, 0.2) is 77.3 Å². The Labute approximate surface area is 146 Å². The Morgan fingerprint density at radius 1 is 0.960 bits per heavy atom. The van der Waals surface area contributed by atoms with Crippen LogP contribution in [0.2, 0.25) is 0 Å². The molecular weight excluding hydrogens is 312 g/mol. The second-order valence-corrected chi connectivity index (χ2v) is 5.98. The lowest BCUT2D eigenvalue weighted by Crippen LogP contribution is -2.39. The highest BCUT2D eigenvalue weighted by Gasteiger charge is 2.25. The van der Waals surface area contributed by atoms with Crippen molar-refractivity contribution in [1.29, 1.82) is 0 Å². The van der Waals surface area contributed by atoms with E-state index < -0.39 is 0 Å². The highest BCUT2D eigenvalue weighted by Crippen LogP contribution is 2.33. The lowest BCUT2D eigenvalue weighted by atomic mass is 10.1. The minimum Gasteiger partial charge on any atom is -0.441 e. The fourth-order valence-corrected chi connectivity index (χ4v) is 3.06. The Hall–Kier alpha value is -3.18. The van der Waals surface area contributed by atoms with Gasteiger partial charge in [0, 0.05) is 29.2 Å². The molecule has 1 aliphatic heterocycles. The highest BCUT2D eigenvalue weighted by molar-refractivity contribution is 5.63. The summed E-state index contributed by atoms with van der Waals surface area (Å²) >= 11 is 0. The van der Waals surface area contributed by atoms with Gasteiger partial charge in [0.15, 0.2) is 5.88 Å². The SMILES string of the molecule is Nc1cc2c(o1)C=CN(CN(c1ccccc1)c1ccccc1)C2N. The minimum atomic E-state index is -0.309. The van der Waals surface area contributed by atoms with Crippen LogP contribution in [0.4, 0.5) is 17.3 Å². The average Bonchev–Trinajstić information content (AvgIpc) is 3.04. The molecular formula is C20H20N4O. The van der Waals surface area contributed by atoms with Gasteiger partial charge >= 0.3 is 0 Å². The van der Waals surface area contributed by atoms with Crippen LogP contribution in [0.3, 0.4) is 0 Å². The van der Waals surface area contributed by atoms with E-state index in [4.69, 9.17) is 15.9 Å². The van der Waals surface area contributed by atoms with Gasteiger partial charge in [-0.1, -0.05) is 36.4 Å². The summed E-state index contributed by atoms with van der Waals surface area (Å²) in [6.07, 6.45) is 3.55. The number of fused-ring (bicyclic) bond motifs is 1. The standard InChI is InChI=1S/C20H20N4O/c21-19-13-17-18(25-19)11-12-23(20(17)22)14-24(15-7-3-1-4-8-15)16-9-5-2-6-10-16/h1-13,20H,14,21-22H2. The number of hydrogen-bond donors (Lipinski definition) is 2. The Morgan fingerprint density at radius 2 is 1.56 bits per heavy atom. The fourth-order valence-electron chi connectivity index (χ4n) is 3.06. The summed E-state index contributed by atoms with van der Waals surface area (Å²) in [6.45, 7) is 0.607. The molecule has 4 rings (SSSR count). The first-order valence-corrected chi connectivity index (χ1v) is 8.19. The predicted molar refractivity (Wildman–Crippen MR) is 101 cm³/mol. The Balaban J connectivity index is 1.66. The van der Waals surface area contributed by atoms with E-state index >= 15 is 0 Å². The van der Waals surface area contributed by atoms with Gasteiger partial charge in [-0.15, -0.1) is 0 Å². The lowest BCUT2D eigenvalue weighted by Gasteiger charge is -2.36. The fraction of sp³-hybridized carbons (Fsp3) is 0.100. The maximum absolute atomic E-state index is 6.44. The van der Waals surface area contributed by atoms with Crippen molar-refractivity contribution in [2.45, 2.75) is 6.17 Å². The molecule has 5 heteroatoms. The molecule has 0 saturated carbocycles. The van der Waals surface area contributed by atoms with Crippen molar-refractivity contribution in [3.05, 3.63) is 84.3 Å². The van der Waals surface area contributed by atoms with Crippen LogP contribution in [-0.4, -0.2) is 11.6 Å². The highest BCUT2D eigenvalue weighted by atomic mass is 16.4. The molecule has 0 fully saturated rings. The summed E-state index contributed by atoms with van der Waals surface area (Å²) < 4.78 is 5.47. The molecule has 0 bridgehead atoms. The summed E-state index contributed by atoms with van der Waals surface area (Å²) in [4.78, 5) is 4.29. The number of nitrogen functional groups attached to an aromatic ring is 1. The molecule has 0 spiro atoms. The van der Waals surface area contributed by atoms with Crippen LogP contribution in [0.1, 0.15) is 17.5 Å². The number of anilines is 3. The van der Waals surface area contributed by atoms with Crippen molar-refractivity contribution < 1.29 is 4.42 Å². The molecule has 4 N–H and O–H groups in total. The number of nitrogens with zero attached hydrogens (tertiary/aromatic N) is 2. The average molecular weight is 332 g/mol. The Morgan fingerprint density at radius 3 is 2.16 bits per heavy atom. The van der Waals surface area contributed by atoms with E-state index in [0.717, 1.165) is 22.7 Å². The van der Waals surface area contributed by atoms with Gasteiger partial charge in [0.05, 0.1) is 6.67 Å². The van der Waals surface area contributed by atoms with Crippen molar-refractivity contribution in [1.82, 2.24) is 4.90 Å². The Kier molecular flexibility index (Phi) is 3.91. The number of hydrogen-bond acceptors (Lipinski definition) is 5. The quantitative estimate of drug-likeness (QED) is 0.758. The lowest BCUT2D eigenvalue weighted by molar-refractivity contribution is 0.286. The molecule has 1 aliphatic rings. The first kappa shape index (κ1) is 15.4. The molecule has 2 aromatic carbocycles. The zero-order valence-electron chi connectivity index (χ0n) is 13.7. The third-order valence-corrected chi connectivity index (χ3v) is 4.34. The molecule has 0 aliphatic carbocycles. The molecule has 126 valence electrons. The molecule has 25 heavy (non-hydrogen) atoms. The molecule has 0 radical (unpaired) electrons. The van der Waals surface area contributed by atoms with Crippen LogP contribution < -0.4 is 16.4 Å². The van der Waals surface area contributed by atoms with Gasteiger partial charge in [-0.3, -0.25) is 0 Å². The molecule has 0 saturated heterocycles. The van der Waals surface area contributed by atoms with Gasteiger partial charge in [0.1, 0.15) is 11.9 Å². The normalized spacial score (nSPS) is 15.9. The minimum absolute atomic E-state index is 0.309. The largest absolute Gasteiger partial charge is 0.441 e. The van der Waals surface area contributed by atoms with Crippen molar-refractivity contribution in [2.75, 3.05) is 17.3 Å². The number of benzene rings is 2. The van der Waals surface area contributed by atoms with Crippen LogP contribution >= 0.6 is 0 Å². The van der Waals surface area contributed by atoms with E-state index in [1.165, 1.54) is 0 Å². The van der Waals surface area contributed by atoms with E-state index in [2.05, 4.69) is 34.1 Å². The van der Waals surface area contributed by atoms with Gasteiger partial charge in [-0.05, 0) is 30.3 Å². The number of rotatable bonds is 4. The Bertz CT molecular complexity index is 834. The summed E-state index contributed by atoms with van der Waals surface area (Å²) in [5.41, 5.74) is 15.3. The summed E-state index contributed by atoms with van der Waals surface area (Å²) in [7, 11) is 0. The molecule has 0 amide bonds. The molecule has 1 atom stereocenters. The van der Waals surface area contributed by atoms with Crippen LogP contribution in [0.25, 0.3) is 6.08 Å². The summed E-state index contributed by atoms with van der Waals surface area (Å²) in [5.74, 6) is 1.11. The van der Waals surface area contributed by atoms with E-state index in [0.29, 0.717) is 12.6 Å². The summed E-state index contributed by atoms with van der Waals surface area (Å²) in [6, 6.07) is 22.3. The van der Waals surface area contributed by atoms with Crippen molar-refractivity contribution in [3.63, 3.8) is 0 Å². The third kappa shape index (κ3) is 2.97. The first-order chi connectivity index (χ1) is 12.2. The monoisotopic (exact) mass is 332 g/mol. The van der Waals surface area contributed by atoms with Gasteiger partial charge in [0.2, 0.25) is 0 Å². The number of nitrogens with two attached hydrogens (primary N) is 2. The first-order valence-electron chi connectivity index (χ1n) is 8.19. The molecule has 3 aromatic rings. The van der Waals surface area contributed by atoms with E-state index in [1.807, 2.05) is 48.7 Å². The predicted octanol–water partition coefficient (Wildman–Crippen LogP) is 3.90.